The summed E-state index contributed by atoms with van der Waals surface area (Å²) in [6.45, 7) is 0.630. The molecule has 2 aromatic carbocycles. The van der Waals surface area contributed by atoms with Crippen molar-refractivity contribution in [3.05, 3.63) is 71.8 Å². The topological polar surface area (TPSA) is 56.6 Å². The number of methoxy groups -OCH3 is 2. The molecule has 6 nitrogen and oxygen atoms in total. The van der Waals surface area contributed by atoms with Gasteiger partial charge in [-0.25, -0.2) is 9.07 Å². The Morgan fingerprint density at radius 1 is 1.14 bits per heavy atom. The minimum atomic E-state index is -0.392. The van der Waals surface area contributed by atoms with Crippen molar-refractivity contribution in [1.29, 1.82) is 0 Å². The number of carbonyl (C=O) groups is 1. The van der Waals surface area contributed by atoms with Gasteiger partial charge in [-0.05, 0) is 43.2 Å². The average molecular weight is 395 g/mol. The van der Waals surface area contributed by atoms with E-state index in [4.69, 9.17) is 9.47 Å². The van der Waals surface area contributed by atoms with E-state index in [0.717, 1.165) is 18.4 Å². The molecular formula is C22H22FN3O3. The number of aromatic nitrogens is 2. The number of benzene rings is 2. The molecule has 1 atom stereocenters. The summed E-state index contributed by atoms with van der Waals surface area (Å²) in [5, 5.41) is 4.32. The number of carbonyl (C=O) groups excluding carboxylic acids is 1. The third kappa shape index (κ3) is 3.55. The fourth-order valence-corrected chi connectivity index (χ4v) is 3.78. The molecule has 1 fully saturated rings. The molecule has 1 aliphatic rings. The first-order valence-corrected chi connectivity index (χ1v) is 9.46. The zero-order valence-corrected chi connectivity index (χ0v) is 16.3. The van der Waals surface area contributed by atoms with Crippen LogP contribution < -0.4 is 9.47 Å². The monoisotopic (exact) mass is 395 g/mol. The standard InChI is InChI=1S/C22H22FN3O3/c1-28-15-9-10-16(21(14-15)29-2)19-8-5-12-25(19)22(27)18-11-13-26(24-18)20-7-4-3-6-17(20)23/h3-4,6-7,9-11,13-14,19H,5,8,12H2,1-2H3. The summed E-state index contributed by atoms with van der Waals surface area (Å²) in [4.78, 5) is 15.0. The van der Waals surface area contributed by atoms with Crippen LogP contribution in [0.3, 0.4) is 0 Å². The van der Waals surface area contributed by atoms with Crippen LogP contribution in [0.15, 0.2) is 54.7 Å². The highest BCUT2D eigenvalue weighted by atomic mass is 19.1. The minimum absolute atomic E-state index is 0.109. The summed E-state index contributed by atoms with van der Waals surface area (Å²) in [7, 11) is 3.21. The van der Waals surface area contributed by atoms with Crippen LogP contribution in [0.4, 0.5) is 4.39 Å². The Bertz CT molecular complexity index is 1030. The molecule has 3 aromatic rings. The van der Waals surface area contributed by atoms with E-state index < -0.39 is 5.82 Å². The molecule has 29 heavy (non-hydrogen) atoms. The van der Waals surface area contributed by atoms with Gasteiger partial charge in [0.15, 0.2) is 5.69 Å². The molecule has 4 rings (SSSR count). The molecule has 150 valence electrons. The van der Waals surface area contributed by atoms with Crippen LogP contribution in [0.1, 0.15) is 34.9 Å². The third-order valence-electron chi connectivity index (χ3n) is 5.22. The minimum Gasteiger partial charge on any atom is -0.497 e. The number of hydrogen-bond donors (Lipinski definition) is 0. The van der Waals surface area contributed by atoms with Gasteiger partial charge in [-0.2, -0.15) is 5.10 Å². The number of para-hydroxylation sites is 1. The van der Waals surface area contributed by atoms with Crippen molar-refractivity contribution >= 4 is 5.91 Å². The van der Waals surface area contributed by atoms with E-state index in [1.54, 1.807) is 49.6 Å². The Morgan fingerprint density at radius 3 is 2.72 bits per heavy atom. The van der Waals surface area contributed by atoms with Crippen molar-refractivity contribution in [3.8, 4) is 17.2 Å². The number of likely N-dealkylation sites (tertiary alicyclic amines) is 1. The Morgan fingerprint density at radius 2 is 1.97 bits per heavy atom. The Labute approximate surface area is 168 Å². The number of ether oxygens (including phenoxy) is 2. The molecule has 1 aliphatic heterocycles. The molecule has 0 aliphatic carbocycles. The second-order valence-corrected chi connectivity index (χ2v) is 6.86. The first-order valence-electron chi connectivity index (χ1n) is 9.46. The Kier molecular flexibility index (Phi) is 5.20. The van der Waals surface area contributed by atoms with Crippen molar-refractivity contribution < 1.29 is 18.7 Å². The maximum absolute atomic E-state index is 14.0. The van der Waals surface area contributed by atoms with Gasteiger partial charge in [-0.3, -0.25) is 4.79 Å². The smallest absolute Gasteiger partial charge is 0.274 e. The molecule has 2 heterocycles. The summed E-state index contributed by atoms with van der Waals surface area (Å²) >= 11 is 0. The average Bonchev–Trinajstić information content (AvgIpc) is 3.43. The van der Waals surface area contributed by atoms with Gasteiger partial charge in [0.2, 0.25) is 0 Å². The summed E-state index contributed by atoms with van der Waals surface area (Å²) in [5.41, 5.74) is 1.53. The molecule has 0 radical (unpaired) electrons. The fourth-order valence-electron chi connectivity index (χ4n) is 3.78. The first kappa shape index (κ1) is 19.0. The predicted molar refractivity (Wildman–Crippen MR) is 106 cm³/mol. The SMILES string of the molecule is COc1ccc(C2CCCN2C(=O)c2ccn(-c3ccccc3F)n2)c(OC)c1. The fraction of sp³-hybridized carbons (Fsp3) is 0.273. The lowest BCUT2D eigenvalue weighted by atomic mass is 10.0. The molecule has 0 saturated carbocycles. The van der Waals surface area contributed by atoms with Gasteiger partial charge in [-0.15, -0.1) is 0 Å². The van der Waals surface area contributed by atoms with Gasteiger partial charge < -0.3 is 14.4 Å². The van der Waals surface area contributed by atoms with Crippen LogP contribution >= 0.6 is 0 Å². The maximum atomic E-state index is 14.0. The second-order valence-electron chi connectivity index (χ2n) is 6.86. The van der Waals surface area contributed by atoms with Gasteiger partial charge in [0.25, 0.3) is 5.91 Å². The zero-order valence-electron chi connectivity index (χ0n) is 16.3. The van der Waals surface area contributed by atoms with E-state index >= 15 is 0 Å². The molecule has 1 amide bonds. The van der Waals surface area contributed by atoms with Crippen molar-refractivity contribution in [2.45, 2.75) is 18.9 Å². The lowest BCUT2D eigenvalue weighted by Crippen LogP contribution is -2.31. The van der Waals surface area contributed by atoms with Gasteiger partial charge in [0.1, 0.15) is 23.0 Å². The van der Waals surface area contributed by atoms with Gasteiger partial charge in [-0.1, -0.05) is 12.1 Å². The van der Waals surface area contributed by atoms with Crippen LogP contribution in [0.5, 0.6) is 11.5 Å². The normalized spacial score (nSPS) is 16.1. The van der Waals surface area contributed by atoms with Crippen LogP contribution in [0.25, 0.3) is 5.69 Å². The molecular weight excluding hydrogens is 373 g/mol. The largest absolute Gasteiger partial charge is 0.497 e. The van der Waals surface area contributed by atoms with Crippen LogP contribution in [0.2, 0.25) is 0 Å². The van der Waals surface area contributed by atoms with E-state index in [-0.39, 0.29) is 17.6 Å². The van der Waals surface area contributed by atoms with Crippen molar-refractivity contribution in [2.24, 2.45) is 0 Å². The summed E-state index contributed by atoms with van der Waals surface area (Å²) in [6.07, 6.45) is 3.33. The highest BCUT2D eigenvalue weighted by Gasteiger charge is 2.33. The number of nitrogens with zero attached hydrogens (tertiary/aromatic N) is 3. The number of halogens is 1. The quantitative estimate of drug-likeness (QED) is 0.655. The van der Waals surface area contributed by atoms with E-state index in [9.17, 15) is 9.18 Å². The van der Waals surface area contributed by atoms with E-state index in [1.807, 2.05) is 18.2 Å². The van der Waals surface area contributed by atoms with Gasteiger partial charge in [0, 0.05) is 24.4 Å². The molecule has 1 aromatic heterocycles. The number of amides is 1. The Balaban J connectivity index is 1.62. The number of hydrogen-bond acceptors (Lipinski definition) is 4. The number of rotatable bonds is 5. The molecule has 0 spiro atoms. The highest BCUT2D eigenvalue weighted by Crippen LogP contribution is 2.39. The third-order valence-corrected chi connectivity index (χ3v) is 5.22. The molecule has 1 unspecified atom stereocenters. The van der Waals surface area contributed by atoms with Crippen molar-refractivity contribution in [3.63, 3.8) is 0 Å². The lowest BCUT2D eigenvalue weighted by molar-refractivity contribution is 0.0727. The zero-order chi connectivity index (χ0) is 20.4. The molecule has 0 bridgehead atoms. The van der Waals surface area contributed by atoms with E-state index in [0.29, 0.717) is 23.7 Å². The Hall–Kier alpha value is -3.35. The molecule has 0 N–H and O–H groups in total. The lowest BCUT2D eigenvalue weighted by Gasteiger charge is -2.26. The second kappa shape index (κ2) is 7.95. The van der Waals surface area contributed by atoms with E-state index in [1.165, 1.54) is 10.7 Å². The first-order chi connectivity index (χ1) is 14.1. The van der Waals surface area contributed by atoms with E-state index in [2.05, 4.69) is 5.10 Å². The van der Waals surface area contributed by atoms with Crippen molar-refractivity contribution in [2.75, 3.05) is 20.8 Å². The van der Waals surface area contributed by atoms with Gasteiger partial charge in [0.05, 0.1) is 20.3 Å². The molecule has 7 heteroatoms. The summed E-state index contributed by atoms with van der Waals surface area (Å²) in [5.74, 6) is 0.813. The molecule has 1 saturated heterocycles. The highest BCUT2D eigenvalue weighted by molar-refractivity contribution is 5.92. The van der Waals surface area contributed by atoms with Crippen molar-refractivity contribution in [1.82, 2.24) is 14.7 Å². The van der Waals surface area contributed by atoms with Crippen LogP contribution in [0, 0.1) is 5.82 Å². The van der Waals surface area contributed by atoms with Crippen LogP contribution in [-0.2, 0) is 0 Å². The van der Waals surface area contributed by atoms with Gasteiger partial charge >= 0.3 is 0 Å². The predicted octanol–water partition coefficient (Wildman–Crippen LogP) is 4.01. The van der Waals surface area contributed by atoms with Crippen LogP contribution in [-0.4, -0.2) is 41.4 Å². The summed E-state index contributed by atoms with van der Waals surface area (Å²) in [6, 6.07) is 13.5. The summed E-state index contributed by atoms with van der Waals surface area (Å²) < 4.78 is 26.2. The maximum Gasteiger partial charge on any atom is 0.274 e.